The second kappa shape index (κ2) is 35.5. The molecule has 0 fully saturated rings. The fourth-order valence-electron chi connectivity index (χ4n) is 2.02. The summed E-state index contributed by atoms with van der Waals surface area (Å²) in [6.45, 7) is 36.2. The lowest BCUT2D eigenvalue weighted by molar-refractivity contribution is 0.857. The zero-order valence-electron chi connectivity index (χ0n) is 20.7. The molecular weight excluding hydrogens is 324 g/mol. The Morgan fingerprint density at radius 3 is 1.30 bits per heavy atom. The van der Waals surface area contributed by atoms with Crippen molar-refractivity contribution < 1.29 is 0 Å². The molecule has 0 heterocycles. The van der Waals surface area contributed by atoms with Crippen molar-refractivity contribution in [2.75, 3.05) is 0 Å². The van der Waals surface area contributed by atoms with Gasteiger partial charge in [-0.1, -0.05) is 139 Å². The quantitative estimate of drug-likeness (QED) is 0.351. The third kappa shape index (κ3) is 22.4. The highest BCUT2D eigenvalue weighted by Crippen LogP contribution is 2.29. The van der Waals surface area contributed by atoms with E-state index in [0.29, 0.717) is 0 Å². The minimum atomic E-state index is 1.03. The predicted molar refractivity (Wildman–Crippen MR) is 135 cm³/mol. The molecule has 0 heteroatoms. The molecule has 0 aromatic carbocycles. The number of hydrogen-bond acceptors (Lipinski definition) is 0. The van der Waals surface area contributed by atoms with Crippen LogP contribution >= 0.6 is 0 Å². The second-order valence-electron chi connectivity index (χ2n) is 4.96. The Morgan fingerprint density at radius 1 is 0.667 bits per heavy atom. The maximum Gasteiger partial charge on any atom is -0.0228 e. The van der Waals surface area contributed by atoms with E-state index in [4.69, 9.17) is 0 Å². The van der Waals surface area contributed by atoms with Crippen LogP contribution in [0, 0.1) is 0 Å². The molecule has 27 heavy (non-hydrogen) atoms. The van der Waals surface area contributed by atoms with Crippen LogP contribution in [0.2, 0.25) is 0 Å². The first kappa shape index (κ1) is 36.4. The predicted octanol–water partition coefficient (Wildman–Crippen LogP) is 10.4. The largest absolute Gasteiger partial charge is 0.0990 e. The van der Waals surface area contributed by atoms with Gasteiger partial charge in [0.05, 0.1) is 0 Å². The van der Waals surface area contributed by atoms with E-state index in [0.717, 1.165) is 36.8 Å². The normalized spacial score (nSPS) is 9.78. The maximum atomic E-state index is 4.11. The highest BCUT2D eigenvalue weighted by Gasteiger charge is 2.10. The fraction of sp³-hybridized carbons (Fsp3) is 0.556. The molecule has 0 rings (SSSR count). The third-order valence-electron chi connectivity index (χ3n) is 2.86. The van der Waals surface area contributed by atoms with Gasteiger partial charge in [0.1, 0.15) is 0 Å². The van der Waals surface area contributed by atoms with E-state index in [1.165, 1.54) is 17.6 Å². The van der Waals surface area contributed by atoms with Crippen molar-refractivity contribution >= 4 is 0 Å². The van der Waals surface area contributed by atoms with E-state index < -0.39 is 0 Å². The molecular formula is C27H52. The summed E-state index contributed by atoms with van der Waals surface area (Å²) in [5.41, 5.74) is 4.82. The average molecular weight is 377 g/mol. The van der Waals surface area contributed by atoms with Crippen molar-refractivity contribution in [1.29, 1.82) is 0 Å². The fourth-order valence-corrected chi connectivity index (χ4v) is 2.02. The van der Waals surface area contributed by atoms with Gasteiger partial charge in [-0.3, -0.25) is 0 Å². The van der Waals surface area contributed by atoms with Gasteiger partial charge in [0.25, 0.3) is 0 Å². The first-order valence-corrected chi connectivity index (χ1v) is 11.1. The number of allylic oxidation sites excluding steroid dienone is 8. The van der Waals surface area contributed by atoms with Gasteiger partial charge in [0.15, 0.2) is 0 Å². The van der Waals surface area contributed by atoms with Gasteiger partial charge in [-0.15, -0.1) is 0 Å². The molecule has 0 aromatic rings. The van der Waals surface area contributed by atoms with E-state index in [1.54, 1.807) is 0 Å². The van der Waals surface area contributed by atoms with E-state index in [2.05, 4.69) is 54.0 Å². The van der Waals surface area contributed by atoms with E-state index >= 15 is 0 Å². The Bertz CT molecular complexity index is 388. The van der Waals surface area contributed by atoms with Crippen LogP contribution in [0.4, 0.5) is 0 Å². The average Bonchev–Trinajstić information content (AvgIpc) is 2.73. The molecule has 0 saturated carbocycles. The van der Waals surface area contributed by atoms with Crippen LogP contribution in [0.15, 0.2) is 72.9 Å². The Balaban J connectivity index is -0.000000153. The highest BCUT2D eigenvalue weighted by molar-refractivity contribution is 5.51. The minimum Gasteiger partial charge on any atom is -0.0990 e. The van der Waals surface area contributed by atoms with E-state index in [9.17, 15) is 0 Å². The van der Waals surface area contributed by atoms with Crippen molar-refractivity contribution in [2.45, 2.75) is 101 Å². The van der Waals surface area contributed by atoms with Crippen molar-refractivity contribution in [3.63, 3.8) is 0 Å². The summed E-state index contributed by atoms with van der Waals surface area (Å²) in [6, 6.07) is 0. The van der Waals surface area contributed by atoms with Crippen LogP contribution < -0.4 is 0 Å². The lowest BCUT2D eigenvalue weighted by Crippen LogP contribution is -1.97. The van der Waals surface area contributed by atoms with Crippen molar-refractivity contribution in [2.24, 2.45) is 0 Å². The number of hydrogen-bond donors (Lipinski definition) is 0. The zero-order chi connectivity index (χ0) is 22.7. The monoisotopic (exact) mass is 376 g/mol. The minimum absolute atomic E-state index is 1.03. The summed E-state index contributed by atoms with van der Waals surface area (Å²) >= 11 is 0. The molecule has 0 unspecified atom stereocenters. The molecule has 0 spiro atoms. The first-order chi connectivity index (χ1) is 13.1. The van der Waals surface area contributed by atoms with Crippen LogP contribution in [-0.4, -0.2) is 0 Å². The topological polar surface area (TPSA) is 0 Å². The summed E-state index contributed by atoms with van der Waals surface area (Å²) in [4.78, 5) is 0. The van der Waals surface area contributed by atoms with E-state index in [1.807, 2.05) is 65.8 Å². The Kier molecular flexibility index (Phi) is 47.9. The number of rotatable bonds is 9. The summed E-state index contributed by atoms with van der Waals surface area (Å²) < 4.78 is 0. The smallest absolute Gasteiger partial charge is 0.0228 e. The maximum absolute atomic E-state index is 4.11. The highest BCUT2D eigenvalue weighted by atomic mass is 14.1. The second-order valence-corrected chi connectivity index (χ2v) is 4.96. The van der Waals surface area contributed by atoms with Crippen molar-refractivity contribution in [3.05, 3.63) is 72.9 Å². The van der Waals surface area contributed by atoms with Gasteiger partial charge in [-0.25, -0.2) is 0 Å². The summed E-state index contributed by atoms with van der Waals surface area (Å²) in [7, 11) is 0. The summed E-state index contributed by atoms with van der Waals surface area (Å²) in [6.07, 6.45) is 13.1. The molecule has 0 atom stereocenters. The van der Waals surface area contributed by atoms with Gasteiger partial charge in [0, 0.05) is 0 Å². The molecule has 0 amide bonds. The van der Waals surface area contributed by atoms with Crippen LogP contribution in [0.5, 0.6) is 0 Å². The first-order valence-electron chi connectivity index (χ1n) is 11.1. The van der Waals surface area contributed by atoms with Crippen LogP contribution in [0.1, 0.15) is 101 Å². The molecule has 0 saturated heterocycles. The SMILES string of the molecule is C=C/C=C(C=C)\C(CCC)=C(\CCC)C(=C)C=C.CC.CC.CC.CCC. The lowest BCUT2D eigenvalue weighted by atomic mass is 9.89. The Labute approximate surface area is 174 Å². The molecule has 0 aliphatic carbocycles. The van der Waals surface area contributed by atoms with Crippen LogP contribution in [0.25, 0.3) is 0 Å². The molecule has 0 nitrogen and oxygen atoms in total. The van der Waals surface area contributed by atoms with Crippen LogP contribution in [0.3, 0.4) is 0 Å². The molecule has 0 N–H and O–H groups in total. The van der Waals surface area contributed by atoms with Gasteiger partial charge >= 0.3 is 0 Å². The van der Waals surface area contributed by atoms with Crippen molar-refractivity contribution in [3.8, 4) is 0 Å². The third-order valence-corrected chi connectivity index (χ3v) is 2.86. The molecule has 0 aliphatic rings. The molecule has 0 bridgehead atoms. The summed E-state index contributed by atoms with van der Waals surface area (Å²) in [5, 5.41) is 0. The molecule has 0 radical (unpaired) electrons. The Hall–Kier alpha value is -1.56. The van der Waals surface area contributed by atoms with Gasteiger partial charge in [0.2, 0.25) is 0 Å². The standard InChI is InChI=1S/C18H26.C3H8.3C2H6/c1-7-12-16(11-5)18(14-9-3)17(13-8-2)15(6)10-4;1-3-2;3*1-2/h7,10-12H,1,4-6,8-9,13-14H2,2-3H3;3H2,1-2H3;3*1-2H3/b16-12-,18-17-;;;;. The molecule has 0 aromatic heterocycles. The van der Waals surface area contributed by atoms with Crippen LogP contribution in [-0.2, 0) is 0 Å². The van der Waals surface area contributed by atoms with Gasteiger partial charge in [-0.05, 0) is 35.1 Å². The Morgan fingerprint density at radius 2 is 1.04 bits per heavy atom. The van der Waals surface area contributed by atoms with Gasteiger partial charge in [-0.2, -0.15) is 0 Å². The van der Waals surface area contributed by atoms with Gasteiger partial charge < -0.3 is 0 Å². The zero-order valence-corrected chi connectivity index (χ0v) is 20.7. The summed E-state index contributed by atoms with van der Waals surface area (Å²) in [5.74, 6) is 0. The molecule has 0 aliphatic heterocycles. The van der Waals surface area contributed by atoms with Crippen molar-refractivity contribution in [1.82, 2.24) is 0 Å². The molecule has 160 valence electrons. The van der Waals surface area contributed by atoms with E-state index in [-0.39, 0.29) is 0 Å². The lowest BCUT2D eigenvalue weighted by Gasteiger charge is -2.16.